The van der Waals surface area contributed by atoms with Crippen molar-refractivity contribution in [2.45, 2.75) is 65.5 Å². The molecule has 1 saturated carbocycles. The van der Waals surface area contributed by atoms with Gasteiger partial charge in [-0.2, -0.15) is 0 Å². The zero-order chi connectivity index (χ0) is 18.7. The van der Waals surface area contributed by atoms with E-state index >= 15 is 0 Å². The zero-order valence-corrected chi connectivity index (χ0v) is 16.4. The highest BCUT2D eigenvalue weighted by Crippen LogP contribution is 2.32. The number of imidazole rings is 1. The Kier molecular flexibility index (Phi) is 5.99. The van der Waals surface area contributed by atoms with Crippen LogP contribution in [0.1, 0.15) is 51.8 Å². The van der Waals surface area contributed by atoms with Gasteiger partial charge in [0.2, 0.25) is 11.8 Å². The third-order valence-electron chi connectivity index (χ3n) is 5.71. The molecule has 1 saturated heterocycles. The van der Waals surface area contributed by atoms with Crippen molar-refractivity contribution in [3.05, 3.63) is 18.2 Å². The van der Waals surface area contributed by atoms with Gasteiger partial charge in [-0.15, -0.1) is 0 Å². The molecule has 1 aliphatic heterocycles. The molecule has 0 unspecified atom stereocenters. The minimum Gasteiger partial charge on any atom is -0.340 e. The molecule has 2 aliphatic rings. The van der Waals surface area contributed by atoms with Gasteiger partial charge in [0.05, 0.1) is 6.04 Å². The maximum Gasteiger partial charge on any atom is 0.224 e. The molecule has 0 radical (unpaired) electrons. The van der Waals surface area contributed by atoms with E-state index in [0.717, 1.165) is 25.3 Å². The second-order valence-corrected chi connectivity index (χ2v) is 8.16. The van der Waals surface area contributed by atoms with E-state index in [4.69, 9.17) is 0 Å². The Morgan fingerprint density at radius 2 is 2.12 bits per heavy atom. The molecule has 6 heteroatoms. The van der Waals surface area contributed by atoms with Gasteiger partial charge in [-0.3, -0.25) is 9.59 Å². The van der Waals surface area contributed by atoms with Gasteiger partial charge >= 0.3 is 0 Å². The lowest BCUT2D eigenvalue weighted by Crippen LogP contribution is -2.48. The van der Waals surface area contributed by atoms with Crippen molar-refractivity contribution >= 4 is 11.8 Å². The Morgan fingerprint density at radius 1 is 1.35 bits per heavy atom. The molecule has 144 valence electrons. The highest BCUT2D eigenvalue weighted by Gasteiger charge is 2.36. The number of rotatable bonds is 7. The lowest BCUT2D eigenvalue weighted by Gasteiger charge is -2.34. The number of amides is 2. The summed E-state index contributed by atoms with van der Waals surface area (Å²) in [5, 5.41) is 0. The average molecular weight is 361 g/mol. The summed E-state index contributed by atoms with van der Waals surface area (Å²) in [6, 6.07) is 0.144. The summed E-state index contributed by atoms with van der Waals surface area (Å²) in [5.41, 5.74) is 0. The Balaban J connectivity index is 1.57. The second kappa shape index (κ2) is 8.23. The summed E-state index contributed by atoms with van der Waals surface area (Å²) in [6.07, 6.45) is 8.02. The first-order valence-electron chi connectivity index (χ1n) is 10.0. The van der Waals surface area contributed by atoms with Crippen molar-refractivity contribution in [2.75, 3.05) is 19.6 Å². The number of aromatic nitrogens is 2. The van der Waals surface area contributed by atoms with Crippen molar-refractivity contribution in [1.29, 1.82) is 0 Å². The maximum absolute atomic E-state index is 12.8. The van der Waals surface area contributed by atoms with Crippen LogP contribution in [0.3, 0.4) is 0 Å². The lowest BCUT2D eigenvalue weighted by molar-refractivity contribution is -0.134. The van der Waals surface area contributed by atoms with Crippen LogP contribution in [0.15, 0.2) is 12.4 Å². The first kappa shape index (κ1) is 18.9. The minimum atomic E-state index is 0.144. The largest absolute Gasteiger partial charge is 0.340 e. The SMILES string of the molecule is Cc1nccn1CCCC(=O)N1CCC(=O)N(CC2CC2)[C@H](C(C)C)C1. The van der Waals surface area contributed by atoms with E-state index in [-0.39, 0.29) is 17.9 Å². The quantitative estimate of drug-likeness (QED) is 0.750. The van der Waals surface area contributed by atoms with E-state index in [9.17, 15) is 9.59 Å². The second-order valence-electron chi connectivity index (χ2n) is 8.16. The molecule has 0 bridgehead atoms. The van der Waals surface area contributed by atoms with Crippen LogP contribution in [0.25, 0.3) is 0 Å². The Hall–Kier alpha value is -1.85. The van der Waals surface area contributed by atoms with Gasteiger partial charge in [0.15, 0.2) is 0 Å². The minimum absolute atomic E-state index is 0.144. The van der Waals surface area contributed by atoms with Crippen LogP contribution in [0.4, 0.5) is 0 Å². The molecule has 1 aromatic rings. The highest BCUT2D eigenvalue weighted by molar-refractivity contribution is 5.80. The number of hydrogen-bond donors (Lipinski definition) is 0. The predicted octanol–water partition coefficient (Wildman–Crippen LogP) is 2.47. The van der Waals surface area contributed by atoms with Gasteiger partial charge in [-0.05, 0) is 38.0 Å². The van der Waals surface area contributed by atoms with E-state index < -0.39 is 0 Å². The smallest absolute Gasteiger partial charge is 0.224 e. The number of carbonyl (C=O) groups excluding carboxylic acids is 2. The number of nitrogens with zero attached hydrogens (tertiary/aromatic N) is 4. The molecule has 1 aliphatic carbocycles. The molecule has 1 aromatic heterocycles. The van der Waals surface area contributed by atoms with Crippen LogP contribution in [0, 0.1) is 18.8 Å². The third-order valence-corrected chi connectivity index (χ3v) is 5.71. The van der Waals surface area contributed by atoms with Gasteiger partial charge in [-0.25, -0.2) is 4.98 Å². The fraction of sp³-hybridized carbons (Fsp3) is 0.750. The Labute approximate surface area is 156 Å². The molecule has 6 nitrogen and oxygen atoms in total. The molecule has 2 heterocycles. The fourth-order valence-electron chi connectivity index (χ4n) is 3.79. The molecular formula is C20H32N4O2. The van der Waals surface area contributed by atoms with Crippen LogP contribution in [0.2, 0.25) is 0 Å². The lowest BCUT2D eigenvalue weighted by atomic mass is 10.0. The van der Waals surface area contributed by atoms with Crippen LogP contribution >= 0.6 is 0 Å². The predicted molar refractivity (Wildman–Crippen MR) is 100 cm³/mol. The topological polar surface area (TPSA) is 58.4 Å². The van der Waals surface area contributed by atoms with Crippen molar-refractivity contribution in [3.8, 4) is 0 Å². The monoisotopic (exact) mass is 360 g/mol. The average Bonchev–Trinajstić information content (AvgIpc) is 3.36. The summed E-state index contributed by atoms with van der Waals surface area (Å²) >= 11 is 0. The highest BCUT2D eigenvalue weighted by atomic mass is 16.2. The molecular weight excluding hydrogens is 328 g/mol. The first-order chi connectivity index (χ1) is 12.5. The summed E-state index contributed by atoms with van der Waals surface area (Å²) in [6.45, 7) is 9.23. The zero-order valence-electron chi connectivity index (χ0n) is 16.4. The van der Waals surface area contributed by atoms with Crippen molar-refractivity contribution < 1.29 is 9.59 Å². The standard InChI is InChI=1S/C20H32N4O2/c1-15(2)18-14-23(11-8-20(26)24(18)13-17-6-7-17)19(25)5-4-10-22-12-9-21-16(22)3/h9,12,15,17-18H,4-8,10-11,13-14H2,1-3H3/t18-/m0/s1. The molecule has 0 spiro atoms. The summed E-state index contributed by atoms with van der Waals surface area (Å²) in [4.78, 5) is 33.6. The van der Waals surface area contributed by atoms with Gasteiger partial charge in [0.1, 0.15) is 5.82 Å². The third kappa shape index (κ3) is 4.65. The number of carbonyl (C=O) groups is 2. The summed E-state index contributed by atoms with van der Waals surface area (Å²) < 4.78 is 2.08. The van der Waals surface area contributed by atoms with E-state index in [1.165, 1.54) is 12.8 Å². The van der Waals surface area contributed by atoms with Crippen molar-refractivity contribution in [2.24, 2.45) is 11.8 Å². The molecule has 2 fully saturated rings. The van der Waals surface area contributed by atoms with Gasteiger partial charge in [0, 0.05) is 51.4 Å². The molecule has 3 rings (SSSR count). The van der Waals surface area contributed by atoms with Gasteiger partial charge in [0.25, 0.3) is 0 Å². The normalized spacial score (nSPS) is 21.4. The van der Waals surface area contributed by atoms with Crippen LogP contribution < -0.4 is 0 Å². The number of aryl methyl sites for hydroxylation is 2. The summed E-state index contributed by atoms with van der Waals surface area (Å²) in [7, 11) is 0. The summed E-state index contributed by atoms with van der Waals surface area (Å²) in [5.74, 6) is 2.42. The van der Waals surface area contributed by atoms with Gasteiger partial charge < -0.3 is 14.4 Å². The van der Waals surface area contributed by atoms with E-state index in [1.807, 2.05) is 18.0 Å². The van der Waals surface area contributed by atoms with E-state index in [2.05, 4.69) is 28.3 Å². The molecule has 2 amide bonds. The molecule has 0 N–H and O–H groups in total. The van der Waals surface area contributed by atoms with Gasteiger partial charge in [-0.1, -0.05) is 13.8 Å². The Morgan fingerprint density at radius 3 is 2.73 bits per heavy atom. The molecule has 26 heavy (non-hydrogen) atoms. The number of hydrogen-bond acceptors (Lipinski definition) is 3. The van der Waals surface area contributed by atoms with Crippen molar-refractivity contribution in [1.82, 2.24) is 19.4 Å². The first-order valence-corrected chi connectivity index (χ1v) is 10.0. The van der Waals surface area contributed by atoms with Crippen LogP contribution in [-0.4, -0.2) is 56.8 Å². The molecule has 0 aromatic carbocycles. The maximum atomic E-state index is 12.8. The van der Waals surface area contributed by atoms with E-state index in [1.54, 1.807) is 6.20 Å². The molecule has 1 atom stereocenters. The van der Waals surface area contributed by atoms with E-state index in [0.29, 0.717) is 37.8 Å². The Bertz CT molecular complexity index is 636. The van der Waals surface area contributed by atoms with Crippen molar-refractivity contribution in [3.63, 3.8) is 0 Å². The van der Waals surface area contributed by atoms with Crippen LogP contribution in [-0.2, 0) is 16.1 Å². The fourth-order valence-corrected chi connectivity index (χ4v) is 3.79. The van der Waals surface area contributed by atoms with Crippen LogP contribution in [0.5, 0.6) is 0 Å².